The lowest BCUT2D eigenvalue weighted by atomic mass is 10.1. The minimum atomic E-state index is -0.471. The van der Waals surface area contributed by atoms with Gasteiger partial charge in [-0.1, -0.05) is 22.9 Å². The molecule has 0 spiro atoms. The molecule has 102 valence electrons. The average molecular weight is 316 g/mol. The van der Waals surface area contributed by atoms with Gasteiger partial charge in [0.05, 0.1) is 0 Å². The molecule has 18 heavy (non-hydrogen) atoms. The van der Waals surface area contributed by atoms with Crippen molar-refractivity contribution in [3.8, 4) is 5.75 Å². The molecule has 0 bridgehead atoms. The van der Waals surface area contributed by atoms with E-state index < -0.39 is 6.10 Å². The molecule has 3 nitrogen and oxygen atoms in total. The summed E-state index contributed by atoms with van der Waals surface area (Å²) < 4.78 is 6.72. The van der Waals surface area contributed by atoms with Gasteiger partial charge in [-0.15, -0.1) is 0 Å². The second-order valence-corrected chi connectivity index (χ2v) is 5.33. The maximum absolute atomic E-state index is 9.73. The SMILES string of the molecule is CCCNCC(O)COc1cc(C)c(Br)c(C)c1. The van der Waals surface area contributed by atoms with Crippen LogP contribution in [0.1, 0.15) is 24.5 Å². The predicted octanol–water partition coefficient (Wildman–Crippen LogP) is 2.81. The summed E-state index contributed by atoms with van der Waals surface area (Å²) in [6, 6.07) is 3.95. The minimum absolute atomic E-state index is 0.317. The summed E-state index contributed by atoms with van der Waals surface area (Å²) in [5.74, 6) is 0.808. The molecule has 0 amide bonds. The van der Waals surface area contributed by atoms with E-state index in [1.165, 1.54) is 0 Å². The van der Waals surface area contributed by atoms with Crippen LogP contribution in [0.25, 0.3) is 0 Å². The van der Waals surface area contributed by atoms with E-state index in [2.05, 4.69) is 28.2 Å². The minimum Gasteiger partial charge on any atom is -0.491 e. The molecule has 1 rings (SSSR count). The number of hydrogen-bond acceptors (Lipinski definition) is 3. The van der Waals surface area contributed by atoms with Crippen LogP contribution in [-0.2, 0) is 0 Å². The number of rotatable bonds is 7. The van der Waals surface area contributed by atoms with Crippen LogP contribution < -0.4 is 10.1 Å². The molecule has 0 radical (unpaired) electrons. The molecule has 1 aromatic carbocycles. The molecule has 2 N–H and O–H groups in total. The van der Waals surface area contributed by atoms with Crippen LogP contribution in [0.5, 0.6) is 5.75 Å². The molecule has 1 unspecified atom stereocenters. The first-order valence-corrected chi connectivity index (χ1v) is 7.12. The molecule has 0 saturated heterocycles. The van der Waals surface area contributed by atoms with Gasteiger partial charge in [-0.2, -0.15) is 0 Å². The van der Waals surface area contributed by atoms with Crippen molar-refractivity contribution in [3.63, 3.8) is 0 Å². The van der Waals surface area contributed by atoms with E-state index in [4.69, 9.17) is 4.74 Å². The van der Waals surface area contributed by atoms with Crippen molar-refractivity contribution in [2.75, 3.05) is 19.7 Å². The fraction of sp³-hybridized carbons (Fsp3) is 0.571. The van der Waals surface area contributed by atoms with Crippen molar-refractivity contribution in [1.82, 2.24) is 5.32 Å². The van der Waals surface area contributed by atoms with E-state index in [0.29, 0.717) is 13.2 Å². The number of aliphatic hydroxyl groups excluding tert-OH is 1. The van der Waals surface area contributed by atoms with Gasteiger partial charge in [-0.3, -0.25) is 0 Å². The van der Waals surface area contributed by atoms with Crippen molar-refractivity contribution in [2.24, 2.45) is 0 Å². The standard InChI is InChI=1S/C14H22BrNO2/c1-4-5-16-8-12(17)9-18-13-6-10(2)14(15)11(3)7-13/h6-7,12,16-17H,4-5,8-9H2,1-3H3. The Hall–Kier alpha value is -0.580. The van der Waals surface area contributed by atoms with Crippen LogP contribution in [0, 0.1) is 13.8 Å². The maximum atomic E-state index is 9.73. The zero-order valence-corrected chi connectivity index (χ0v) is 12.9. The summed E-state index contributed by atoms with van der Waals surface area (Å²) in [6.45, 7) is 7.97. The van der Waals surface area contributed by atoms with Crippen LogP contribution in [0.15, 0.2) is 16.6 Å². The highest BCUT2D eigenvalue weighted by Gasteiger charge is 2.07. The largest absolute Gasteiger partial charge is 0.491 e. The van der Waals surface area contributed by atoms with E-state index in [-0.39, 0.29) is 0 Å². The molecule has 0 aliphatic rings. The Kier molecular flexibility index (Phi) is 6.68. The van der Waals surface area contributed by atoms with Crippen molar-refractivity contribution < 1.29 is 9.84 Å². The summed E-state index contributed by atoms with van der Waals surface area (Å²) in [5.41, 5.74) is 2.28. The third-order valence-electron chi connectivity index (χ3n) is 2.66. The highest BCUT2D eigenvalue weighted by atomic mass is 79.9. The third-order valence-corrected chi connectivity index (χ3v) is 3.91. The van der Waals surface area contributed by atoms with Gasteiger partial charge >= 0.3 is 0 Å². The predicted molar refractivity (Wildman–Crippen MR) is 78.3 cm³/mol. The lowest BCUT2D eigenvalue weighted by Gasteiger charge is -2.14. The highest BCUT2D eigenvalue weighted by Crippen LogP contribution is 2.26. The van der Waals surface area contributed by atoms with Gasteiger partial charge in [-0.05, 0) is 50.1 Å². The van der Waals surface area contributed by atoms with Crippen molar-refractivity contribution in [3.05, 3.63) is 27.7 Å². The monoisotopic (exact) mass is 315 g/mol. The van der Waals surface area contributed by atoms with Crippen molar-refractivity contribution >= 4 is 15.9 Å². The van der Waals surface area contributed by atoms with Crippen LogP contribution >= 0.6 is 15.9 Å². The van der Waals surface area contributed by atoms with Gasteiger partial charge in [0.1, 0.15) is 18.5 Å². The molecule has 0 fully saturated rings. The van der Waals surface area contributed by atoms with E-state index in [9.17, 15) is 5.11 Å². The molecule has 0 aromatic heterocycles. The second kappa shape index (κ2) is 7.77. The van der Waals surface area contributed by atoms with Gasteiger partial charge in [0.2, 0.25) is 0 Å². The third kappa shape index (κ3) is 4.96. The average Bonchev–Trinajstić information content (AvgIpc) is 2.33. The maximum Gasteiger partial charge on any atom is 0.120 e. The Labute approximate surface area is 118 Å². The van der Waals surface area contributed by atoms with Gasteiger partial charge in [-0.25, -0.2) is 0 Å². The molecule has 4 heteroatoms. The number of aryl methyl sites for hydroxylation is 2. The molecule has 0 heterocycles. The lowest BCUT2D eigenvalue weighted by molar-refractivity contribution is 0.106. The number of aliphatic hydroxyl groups is 1. The summed E-state index contributed by atoms with van der Waals surface area (Å²) in [7, 11) is 0. The van der Waals surface area contributed by atoms with Gasteiger partial charge in [0, 0.05) is 11.0 Å². The van der Waals surface area contributed by atoms with Gasteiger partial charge < -0.3 is 15.2 Å². The molecular weight excluding hydrogens is 294 g/mol. The fourth-order valence-electron chi connectivity index (χ4n) is 1.69. The Balaban J connectivity index is 2.43. The lowest BCUT2D eigenvalue weighted by Crippen LogP contribution is -2.31. The first kappa shape index (κ1) is 15.5. The fourth-order valence-corrected chi connectivity index (χ4v) is 1.92. The second-order valence-electron chi connectivity index (χ2n) is 4.54. The van der Waals surface area contributed by atoms with E-state index >= 15 is 0 Å². The normalized spacial score (nSPS) is 12.5. The first-order valence-electron chi connectivity index (χ1n) is 6.33. The van der Waals surface area contributed by atoms with Crippen molar-refractivity contribution in [1.29, 1.82) is 0 Å². The molecule has 0 aliphatic carbocycles. The van der Waals surface area contributed by atoms with E-state index in [0.717, 1.165) is 34.3 Å². The summed E-state index contributed by atoms with van der Waals surface area (Å²) in [6.07, 6.45) is 0.597. The molecular formula is C14H22BrNO2. The Morgan fingerprint density at radius 3 is 2.50 bits per heavy atom. The molecule has 0 saturated carbocycles. The zero-order valence-electron chi connectivity index (χ0n) is 11.3. The molecule has 0 aliphatic heterocycles. The Bertz CT molecular complexity index is 359. The van der Waals surface area contributed by atoms with E-state index in [1.54, 1.807) is 0 Å². The summed E-state index contributed by atoms with van der Waals surface area (Å²) >= 11 is 3.52. The van der Waals surface area contributed by atoms with E-state index in [1.807, 2.05) is 26.0 Å². The van der Waals surface area contributed by atoms with Gasteiger partial charge in [0.15, 0.2) is 0 Å². The number of hydrogen-bond donors (Lipinski definition) is 2. The number of halogens is 1. The highest BCUT2D eigenvalue weighted by molar-refractivity contribution is 9.10. The number of nitrogens with one attached hydrogen (secondary N) is 1. The first-order chi connectivity index (χ1) is 8.54. The summed E-state index contributed by atoms with van der Waals surface area (Å²) in [4.78, 5) is 0. The Morgan fingerprint density at radius 2 is 1.94 bits per heavy atom. The van der Waals surface area contributed by atoms with Crippen molar-refractivity contribution in [2.45, 2.75) is 33.3 Å². The van der Waals surface area contributed by atoms with Crippen LogP contribution in [0.2, 0.25) is 0 Å². The topological polar surface area (TPSA) is 41.5 Å². The molecule has 1 atom stereocenters. The summed E-state index contributed by atoms with van der Waals surface area (Å²) in [5, 5.41) is 12.9. The number of ether oxygens (including phenoxy) is 1. The molecule has 1 aromatic rings. The zero-order chi connectivity index (χ0) is 13.5. The smallest absolute Gasteiger partial charge is 0.120 e. The Morgan fingerprint density at radius 1 is 1.33 bits per heavy atom. The van der Waals surface area contributed by atoms with Crippen LogP contribution in [0.4, 0.5) is 0 Å². The van der Waals surface area contributed by atoms with Crippen LogP contribution in [0.3, 0.4) is 0 Å². The van der Waals surface area contributed by atoms with Gasteiger partial charge in [0.25, 0.3) is 0 Å². The number of benzene rings is 1. The van der Waals surface area contributed by atoms with Crippen LogP contribution in [-0.4, -0.2) is 30.9 Å². The quantitative estimate of drug-likeness (QED) is 0.760.